The van der Waals surface area contributed by atoms with Gasteiger partial charge in [-0.3, -0.25) is 0 Å². The van der Waals surface area contributed by atoms with Crippen molar-refractivity contribution in [2.24, 2.45) is 0 Å². The minimum Gasteiger partial charge on any atom is -0.797 e. The molecule has 6 aromatic heterocycles. The molecule has 0 radical (unpaired) electrons. The van der Waals surface area contributed by atoms with Crippen LogP contribution in [0, 0.1) is 38.0 Å². The van der Waals surface area contributed by atoms with Crippen molar-refractivity contribution in [1.29, 1.82) is 0 Å². The molecule has 0 saturated carbocycles. The molecule has 0 saturated heterocycles. The number of aromatic nitrogens is 12. The van der Waals surface area contributed by atoms with E-state index in [0.29, 0.717) is 0 Å². The number of hydrogen-bond donors (Lipinski definition) is 0. The molecule has 14 aromatic rings. The van der Waals surface area contributed by atoms with Crippen LogP contribution in [0.4, 0.5) is 0 Å². The molecule has 0 N–H and O–H groups in total. The fourth-order valence-electron chi connectivity index (χ4n) is 13.4. The van der Waals surface area contributed by atoms with Crippen LogP contribution in [0.3, 0.4) is 0 Å². The Morgan fingerprint density at radius 2 is 0.355 bits per heavy atom. The van der Waals surface area contributed by atoms with E-state index >= 15 is 0 Å². The Morgan fingerprint density at radius 1 is 0.227 bits per heavy atom. The van der Waals surface area contributed by atoms with Crippen LogP contribution in [0.15, 0.2) is 317 Å². The Hall–Kier alpha value is -9.35. The molecule has 0 aliphatic heterocycles. The maximum absolute atomic E-state index is 11.5. The minimum absolute atomic E-state index is 0. The van der Waals surface area contributed by atoms with Gasteiger partial charge in [-0.1, -0.05) is 291 Å². The van der Waals surface area contributed by atoms with Gasteiger partial charge in [-0.05, 0) is 194 Å². The molecule has 110 heavy (non-hydrogen) atoms. The molecule has 14 nitrogen and oxygen atoms in total. The van der Waals surface area contributed by atoms with Crippen molar-refractivity contribution >= 4 is 70.0 Å². The molecule has 6 heterocycles. The van der Waals surface area contributed by atoms with Crippen molar-refractivity contribution in [1.82, 2.24) is 26.9 Å². The Morgan fingerprint density at radius 3 is 0.473 bits per heavy atom. The topological polar surface area (TPSA) is 97.5 Å². The van der Waals surface area contributed by atoms with Crippen LogP contribution in [0.5, 0.6) is 0 Å². The van der Waals surface area contributed by atoms with Crippen molar-refractivity contribution in [3.63, 3.8) is 0 Å². The summed E-state index contributed by atoms with van der Waals surface area (Å²) in [5.74, 6) is 0. The molecule has 0 amide bonds. The van der Waals surface area contributed by atoms with Crippen molar-refractivity contribution in [2.45, 2.75) is 158 Å². The van der Waals surface area contributed by atoms with E-state index in [-0.39, 0.29) is 67.4 Å². The van der Waals surface area contributed by atoms with Crippen LogP contribution in [0.1, 0.15) is 125 Å². The molecule has 0 atom stereocenters. The van der Waals surface area contributed by atoms with E-state index in [1.54, 1.807) is 0 Å². The smallest absolute Gasteiger partial charge is 0.797 e. The normalized spacial score (nSPS) is 12.4. The van der Waals surface area contributed by atoms with Crippen LogP contribution in [-0.2, 0) is 67.4 Å². The van der Waals surface area contributed by atoms with Crippen molar-refractivity contribution in [3.05, 3.63) is 365 Å². The number of imidazole rings is 6. The van der Waals surface area contributed by atoms with Gasteiger partial charge in [0.05, 0.1) is 33.2 Å². The van der Waals surface area contributed by atoms with Gasteiger partial charge in [-0.25, -0.2) is 0 Å². The third-order valence-corrected chi connectivity index (χ3v) is 25.8. The summed E-state index contributed by atoms with van der Waals surface area (Å²) in [6.07, 6.45) is 47.2. The first-order chi connectivity index (χ1) is 51.1. The molecule has 14 rings (SSSR count). The molecule has 0 unspecified atom stereocenters. The fraction of sp³-hybridized carbons (Fsp3) is 0.267. The van der Waals surface area contributed by atoms with E-state index in [1.165, 1.54) is 0 Å². The molecule has 0 bridgehead atoms. The summed E-state index contributed by atoms with van der Waals surface area (Å²) in [6, 6.07) is 80.9. The zero-order valence-electron chi connectivity index (χ0n) is 67.0. The summed E-state index contributed by atoms with van der Waals surface area (Å²) < 4.78 is 25.9. The predicted octanol–water partition coefficient (Wildman–Crippen LogP) is 12.3. The molecule has 20 heteroatoms. The molecule has 0 aliphatic rings. The second-order valence-corrected chi connectivity index (χ2v) is 39.3. The van der Waals surface area contributed by atoms with Crippen LogP contribution in [0.25, 0.3) is 10.3 Å². The number of hydrogen-bond acceptors (Lipinski definition) is 0. The van der Waals surface area contributed by atoms with E-state index in [0.717, 1.165) is 42.8 Å². The first kappa shape index (κ1) is 84.7. The SMILES string of the molecule is CC(C)(C)[n+]1[c-]n([B-](c2ccccc2)(n2[c-][n+](C(C)(C)C)cc2)n2[c-][n+](C(C)(C)C)cc2)cc1.CC(C)(C)[n+]1[c-]n([B-](c2ccccc2)(n2[c-][n+](C(C)(C)C)cc2)n2[c-][n+](C(C)(C)C)cc2)cc1.[Fe+2].[Fe+2].[N-]=P(c1ccccc1)(c1ccccc1)c1ccccc1.[N-]=P(c1ccccc1)(c1ccccc1)c1ccccc1. The maximum atomic E-state index is 11.5. The van der Waals surface area contributed by atoms with Gasteiger partial charge in [0.2, 0.25) is 0 Å². The molecule has 0 fully saturated rings. The quantitative estimate of drug-likeness (QED) is 0.0449. The second-order valence-electron chi connectivity index (χ2n) is 33.7. The average Bonchev–Trinajstić information content (AvgIpc) is 1.55. The van der Waals surface area contributed by atoms with Gasteiger partial charge in [0.15, 0.2) is 38.0 Å². The maximum Gasteiger partial charge on any atom is 2.00 e. The molecule has 8 aromatic carbocycles. The Kier molecular flexibility index (Phi) is 26.2. The fourth-order valence-corrected chi connectivity index (χ4v) is 18.8. The van der Waals surface area contributed by atoms with E-state index in [4.69, 9.17) is 0 Å². The monoisotopic (exact) mass is 1580 g/mol. The molecule has 568 valence electrons. The first-order valence-corrected chi connectivity index (χ1v) is 40.8. The van der Waals surface area contributed by atoms with Gasteiger partial charge in [0.1, 0.15) is 0 Å². The number of nitrogens with zero attached hydrogens (tertiary/aromatic N) is 14. The zero-order valence-corrected chi connectivity index (χ0v) is 71.0. The molecule has 0 spiro atoms. The van der Waals surface area contributed by atoms with Gasteiger partial charge in [0.25, 0.3) is 0 Å². The summed E-state index contributed by atoms with van der Waals surface area (Å²) in [6.45, 7) is 35.8. The van der Waals surface area contributed by atoms with Gasteiger partial charge in [0, 0.05) is 0 Å². The molecule has 0 aliphatic carbocycles. The third-order valence-electron chi connectivity index (χ3n) is 19.5. The van der Waals surface area contributed by atoms with Gasteiger partial charge in [-0.2, -0.15) is 0 Å². The van der Waals surface area contributed by atoms with Gasteiger partial charge < -0.3 is 64.6 Å². The Labute approximate surface area is 676 Å². The van der Waals surface area contributed by atoms with Crippen LogP contribution < -0.4 is 70.2 Å². The first-order valence-electron chi connectivity index (χ1n) is 37.3. The largest absolute Gasteiger partial charge is 2.00 e. The minimum atomic E-state index is -2.53. The summed E-state index contributed by atoms with van der Waals surface area (Å²) in [7, 11) is -5.05. The standard InChI is InChI=1S/2C27H38BN6.2C18H15NP.2Fe/c2*1-25(2,3)29-15-18-32(21-29)28(24-13-11-10-12-14-24,33-19-16-30(22-33)26(4,5)6)34-20-17-31(23-34)27(7,8)9;2*19-20(16-10-4-1-5-11-16,17-12-6-2-7-13-17)18-14-8-3-9-15-18;;/h2*10-20H,1-9H3;2*1-15H;;/q4*-1;2*+2. The second kappa shape index (κ2) is 34.1. The Bertz CT molecular complexity index is 4500. The zero-order chi connectivity index (χ0) is 77.6. The van der Waals surface area contributed by atoms with Crippen molar-refractivity contribution < 1.29 is 61.5 Å². The van der Waals surface area contributed by atoms with E-state index in [9.17, 15) is 10.3 Å². The van der Waals surface area contributed by atoms with Crippen molar-refractivity contribution in [3.8, 4) is 0 Å². The molecular formula is C90H106B2Fe2N14P2. The summed E-state index contributed by atoms with van der Waals surface area (Å²) in [5.41, 5.74) is 1.69. The van der Waals surface area contributed by atoms with Crippen LogP contribution >= 0.6 is 14.1 Å². The van der Waals surface area contributed by atoms with Gasteiger partial charge >= 0.3 is 47.2 Å². The number of rotatable bonds is 14. The van der Waals surface area contributed by atoms with Crippen LogP contribution in [0.2, 0.25) is 0 Å². The van der Waals surface area contributed by atoms with Gasteiger partial charge in [-0.15, -0.1) is 14.1 Å². The van der Waals surface area contributed by atoms with Crippen molar-refractivity contribution in [2.75, 3.05) is 0 Å². The summed E-state index contributed by atoms with van der Waals surface area (Å²) >= 11 is 0. The van der Waals surface area contributed by atoms with Crippen LogP contribution in [-0.4, -0.2) is 40.0 Å². The summed E-state index contributed by atoms with van der Waals surface area (Å²) in [4.78, 5) is 0. The van der Waals surface area contributed by atoms with E-state index in [1.807, 2.05) is 182 Å². The number of benzene rings is 8. The third kappa shape index (κ3) is 18.0. The Balaban J connectivity index is 0.000000173. The van der Waals surface area contributed by atoms with E-state index in [2.05, 4.69) is 352 Å². The summed E-state index contributed by atoms with van der Waals surface area (Å²) in [5, 5.41) is 29.0. The molecular weight excluding hydrogens is 1470 g/mol. The average molecular weight is 1580 g/mol. The van der Waals surface area contributed by atoms with E-state index < -0.39 is 27.2 Å². The predicted molar refractivity (Wildman–Crippen MR) is 444 cm³/mol.